The molecule has 0 spiro atoms. The minimum atomic E-state index is -0.620. The first-order valence-electron chi connectivity index (χ1n) is 4.16. The molecule has 1 aliphatic heterocycles. The number of ether oxygens (including phenoxy) is 2. The highest BCUT2D eigenvalue weighted by Gasteiger charge is 2.24. The fourth-order valence-electron chi connectivity index (χ4n) is 1.39. The predicted octanol–water partition coefficient (Wildman–Crippen LogP) is 2.59. The predicted molar refractivity (Wildman–Crippen MR) is 46.7 cm³/mol. The Morgan fingerprint density at radius 2 is 2.15 bits per heavy atom. The second kappa shape index (κ2) is 2.76. The minimum absolute atomic E-state index is 0.211. The van der Waals surface area contributed by atoms with E-state index in [9.17, 15) is 4.79 Å². The van der Waals surface area contributed by atoms with E-state index in [1.807, 2.05) is 32.0 Å². The summed E-state index contributed by atoms with van der Waals surface area (Å²) in [7, 11) is 0. The molecule has 1 aliphatic rings. The number of carbonyl (C=O) groups excluding carboxylic acids is 1. The lowest BCUT2D eigenvalue weighted by Gasteiger charge is -2.21. The summed E-state index contributed by atoms with van der Waals surface area (Å²) < 4.78 is 9.81. The van der Waals surface area contributed by atoms with Gasteiger partial charge in [0.2, 0.25) is 0 Å². The zero-order chi connectivity index (χ0) is 9.42. The van der Waals surface area contributed by atoms with Gasteiger partial charge in [0.1, 0.15) is 11.9 Å². The van der Waals surface area contributed by atoms with E-state index in [1.54, 1.807) is 0 Å². The Labute approximate surface area is 76.3 Å². The van der Waals surface area contributed by atoms with Crippen LogP contribution >= 0.6 is 0 Å². The molecule has 2 rings (SSSR count). The van der Waals surface area contributed by atoms with Crippen molar-refractivity contribution in [3.8, 4) is 5.75 Å². The molecule has 3 heteroatoms. The zero-order valence-electron chi connectivity index (χ0n) is 7.53. The van der Waals surface area contributed by atoms with Crippen LogP contribution in [0.4, 0.5) is 4.79 Å². The second-order valence-electron chi connectivity index (χ2n) is 3.15. The van der Waals surface area contributed by atoms with Gasteiger partial charge in [0.15, 0.2) is 0 Å². The van der Waals surface area contributed by atoms with Gasteiger partial charge in [0.25, 0.3) is 0 Å². The number of carbonyl (C=O) groups is 1. The van der Waals surface area contributed by atoms with Gasteiger partial charge in [-0.05, 0) is 25.5 Å². The monoisotopic (exact) mass is 178 g/mol. The van der Waals surface area contributed by atoms with Crippen LogP contribution in [0.2, 0.25) is 0 Å². The lowest BCUT2D eigenvalue weighted by Crippen LogP contribution is -2.20. The average molecular weight is 178 g/mol. The van der Waals surface area contributed by atoms with E-state index in [0.717, 1.165) is 11.1 Å². The van der Waals surface area contributed by atoms with Crippen molar-refractivity contribution < 1.29 is 14.3 Å². The number of hydrogen-bond donors (Lipinski definition) is 0. The van der Waals surface area contributed by atoms with Crippen LogP contribution < -0.4 is 4.74 Å². The zero-order valence-corrected chi connectivity index (χ0v) is 7.53. The lowest BCUT2D eigenvalue weighted by molar-refractivity contribution is 0.0492. The van der Waals surface area contributed by atoms with Crippen molar-refractivity contribution in [2.45, 2.75) is 20.0 Å². The summed E-state index contributed by atoms with van der Waals surface area (Å²) in [6.07, 6.45) is -0.831. The van der Waals surface area contributed by atoms with E-state index in [0.29, 0.717) is 5.75 Å². The van der Waals surface area contributed by atoms with Crippen LogP contribution in [0.15, 0.2) is 18.2 Å². The maximum absolute atomic E-state index is 10.9. The number of cyclic esters (lactones) is 1. The molecular formula is C10H10O3. The molecule has 0 radical (unpaired) electrons. The Bertz CT molecular complexity index is 357. The summed E-state index contributed by atoms with van der Waals surface area (Å²) in [5.41, 5.74) is 1.99. The highest BCUT2D eigenvalue weighted by atomic mass is 16.7. The van der Waals surface area contributed by atoms with Crippen molar-refractivity contribution in [3.63, 3.8) is 0 Å². The lowest BCUT2D eigenvalue weighted by atomic mass is 10.1. The van der Waals surface area contributed by atoms with Crippen molar-refractivity contribution in [2.24, 2.45) is 0 Å². The van der Waals surface area contributed by atoms with Crippen LogP contribution in [0.3, 0.4) is 0 Å². The van der Waals surface area contributed by atoms with Gasteiger partial charge in [0.05, 0.1) is 0 Å². The highest BCUT2D eigenvalue weighted by Crippen LogP contribution is 2.32. The van der Waals surface area contributed by atoms with E-state index in [2.05, 4.69) is 0 Å². The summed E-state index contributed by atoms with van der Waals surface area (Å²) in [6.45, 7) is 3.78. The molecule has 0 saturated carbocycles. The molecule has 0 amide bonds. The summed E-state index contributed by atoms with van der Waals surface area (Å²) in [4.78, 5) is 10.9. The third-order valence-electron chi connectivity index (χ3n) is 2.07. The number of rotatable bonds is 0. The molecule has 68 valence electrons. The Kier molecular flexibility index (Phi) is 1.72. The van der Waals surface area contributed by atoms with Gasteiger partial charge in [-0.2, -0.15) is 0 Å². The van der Waals surface area contributed by atoms with Gasteiger partial charge in [-0.25, -0.2) is 4.79 Å². The quantitative estimate of drug-likeness (QED) is 0.452. The normalized spacial score (nSPS) is 20.2. The SMILES string of the molecule is Cc1ccc2c(c1)OC(=O)OC2C. The molecule has 0 bridgehead atoms. The van der Waals surface area contributed by atoms with Crippen LogP contribution in [0.25, 0.3) is 0 Å². The average Bonchev–Trinajstić information content (AvgIpc) is 2.02. The van der Waals surface area contributed by atoms with Crippen LogP contribution in [0.1, 0.15) is 24.2 Å². The molecule has 0 saturated heterocycles. The summed E-state index contributed by atoms with van der Waals surface area (Å²) >= 11 is 0. The Morgan fingerprint density at radius 3 is 2.92 bits per heavy atom. The molecule has 13 heavy (non-hydrogen) atoms. The van der Waals surface area contributed by atoms with Crippen LogP contribution in [-0.4, -0.2) is 6.16 Å². The third kappa shape index (κ3) is 1.37. The number of fused-ring (bicyclic) bond motifs is 1. The molecule has 1 heterocycles. The first-order valence-corrected chi connectivity index (χ1v) is 4.16. The topological polar surface area (TPSA) is 35.5 Å². The van der Waals surface area contributed by atoms with E-state index >= 15 is 0 Å². The second-order valence-corrected chi connectivity index (χ2v) is 3.15. The van der Waals surface area contributed by atoms with Gasteiger partial charge >= 0.3 is 6.16 Å². The van der Waals surface area contributed by atoms with Crippen LogP contribution in [0, 0.1) is 6.92 Å². The number of benzene rings is 1. The van der Waals surface area contributed by atoms with Crippen LogP contribution in [0.5, 0.6) is 5.75 Å². The van der Waals surface area contributed by atoms with Crippen molar-refractivity contribution in [3.05, 3.63) is 29.3 Å². The standard InChI is InChI=1S/C10H10O3/c1-6-3-4-8-7(2)12-10(11)13-9(8)5-6/h3-5,7H,1-2H3. The summed E-state index contributed by atoms with van der Waals surface area (Å²) in [6, 6.07) is 5.73. The molecule has 3 nitrogen and oxygen atoms in total. The Hall–Kier alpha value is -1.51. The van der Waals surface area contributed by atoms with Gasteiger partial charge in [-0.3, -0.25) is 0 Å². The first kappa shape index (κ1) is 8.10. The number of aryl methyl sites for hydroxylation is 1. The van der Waals surface area contributed by atoms with Crippen molar-refractivity contribution >= 4 is 6.16 Å². The number of hydrogen-bond acceptors (Lipinski definition) is 3. The molecular weight excluding hydrogens is 168 g/mol. The van der Waals surface area contributed by atoms with Crippen molar-refractivity contribution in [1.29, 1.82) is 0 Å². The fraction of sp³-hybridized carbons (Fsp3) is 0.300. The maximum Gasteiger partial charge on any atom is 0.514 e. The summed E-state index contributed by atoms with van der Waals surface area (Å²) in [5, 5.41) is 0. The van der Waals surface area contributed by atoms with E-state index in [-0.39, 0.29) is 6.10 Å². The minimum Gasteiger partial charge on any atom is -0.426 e. The van der Waals surface area contributed by atoms with Gasteiger partial charge in [0, 0.05) is 5.56 Å². The van der Waals surface area contributed by atoms with E-state index < -0.39 is 6.16 Å². The fourth-order valence-corrected chi connectivity index (χ4v) is 1.39. The van der Waals surface area contributed by atoms with Gasteiger partial charge in [-0.1, -0.05) is 12.1 Å². The molecule has 0 fully saturated rings. The molecule has 1 atom stereocenters. The van der Waals surface area contributed by atoms with E-state index in [4.69, 9.17) is 9.47 Å². The molecule has 0 aromatic heterocycles. The molecule has 1 aromatic carbocycles. The highest BCUT2D eigenvalue weighted by molar-refractivity contribution is 5.67. The molecule has 0 aliphatic carbocycles. The largest absolute Gasteiger partial charge is 0.514 e. The Balaban J connectivity index is 2.49. The third-order valence-corrected chi connectivity index (χ3v) is 2.07. The Morgan fingerprint density at radius 1 is 1.38 bits per heavy atom. The molecule has 1 aromatic rings. The van der Waals surface area contributed by atoms with Crippen molar-refractivity contribution in [1.82, 2.24) is 0 Å². The van der Waals surface area contributed by atoms with Crippen LogP contribution in [-0.2, 0) is 4.74 Å². The van der Waals surface area contributed by atoms with Crippen molar-refractivity contribution in [2.75, 3.05) is 0 Å². The van der Waals surface area contributed by atoms with Gasteiger partial charge in [-0.15, -0.1) is 0 Å². The first-order chi connectivity index (χ1) is 6.16. The smallest absolute Gasteiger partial charge is 0.426 e. The molecule has 0 N–H and O–H groups in total. The summed E-state index contributed by atoms with van der Waals surface area (Å²) in [5.74, 6) is 0.615. The maximum atomic E-state index is 10.9. The molecule has 1 unspecified atom stereocenters. The van der Waals surface area contributed by atoms with E-state index in [1.165, 1.54) is 0 Å². The van der Waals surface area contributed by atoms with Gasteiger partial charge < -0.3 is 9.47 Å².